The number of furan rings is 1. The van der Waals surface area contributed by atoms with E-state index in [9.17, 15) is 14.0 Å². The van der Waals surface area contributed by atoms with Gasteiger partial charge in [0, 0.05) is 0 Å². The molecule has 0 saturated carbocycles. The Balaban J connectivity index is 1.64. The van der Waals surface area contributed by atoms with E-state index in [-0.39, 0.29) is 11.3 Å². The van der Waals surface area contributed by atoms with Gasteiger partial charge >= 0.3 is 0 Å². The van der Waals surface area contributed by atoms with Crippen molar-refractivity contribution in [2.75, 3.05) is 5.01 Å². The van der Waals surface area contributed by atoms with Crippen LogP contribution in [0.5, 0.6) is 0 Å². The third-order valence-electron chi connectivity index (χ3n) is 3.96. The zero-order chi connectivity index (χ0) is 18.1. The van der Waals surface area contributed by atoms with Crippen LogP contribution in [0.2, 0.25) is 0 Å². The van der Waals surface area contributed by atoms with Crippen molar-refractivity contribution in [2.45, 2.75) is 0 Å². The Bertz CT molecular complexity index is 1020. The first kappa shape index (κ1) is 15.8. The van der Waals surface area contributed by atoms with E-state index in [1.54, 1.807) is 54.6 Å². The van der Waals surface area contributed by atoms with Crippen molar-refractivity contribution in [1.29, 1.82) is 0 Å². The quantitative estimate of drug-likeness (QED) is 0.582. The van der Waals surface area contributed by atoms with Crippen LogP contribution < -0.4 is 10.4 Å². The van der Waals surface area contributed by atoms with Crippen LogP contribution in [0.15, 0.2) is 76.7 Å². The van der Waals surface area contributed by atoms with Crippen molar-refractivity contribution in [3.8, 4) is 11.3 Å². The first-order valence-corrected chi connectivity index (χ1v) is 7.90. The SMILES string of the molecule is O=C1NN(c2ccccc2)C(=O)C1=Cc1ccc(-c2ccccc2F)o1. The molecular formula is C20H13FN2O3. The molecule has 3 aromatic rings. The van der Waals surface area contributed by atoms with E-state index in [2.05, 4.69) is 5.43 Å². The number of anilines is 1. The third kappa shape index (κ3) is 2.77. The fourth-order valence-corrected chi connectivity index (χ4v) is 2.69. The normalized spacial score (nSPS) is 15.6. The van der Waals surface area contributed by atoms with Crippen molar-refractivity contribution in [3.05, 3.63) is 83.9 Å². The lowest BCUT2D eigenvalue weighted by Crippen LogP contribution is -2.35. The summed E-state index contributed by atoms with van der Waals surface area (Å²) in [6, 6.07) is 18.2. The van der Waals surface area contributed by atoms with Crippen LogP contribution in [0.3, 0.4) is 0 Å². The number of carbonyl (C=O) groups is 2. The Hall–Kier alpha value is -3.67. The second-order valence-corrected chi connectivity index (χ2v) is 5.66. The maximum Gasteiger partial charge on any atom is 0.282 e. The van der Waals surface area contributed by atoms with Gasteiger partial charge in [-0.3, -0.25) is 15.0 Å². The zero-order valence-electron chi connectivity index (χ0n) is 13.5. The first-order valence-electron chi connectivity index (χ1n) is 7.90. The summed E-state index contributed by atoms with van der Waals surface area (Å²) in [6.07, 6.45) is 1.35. The summed E-state index contributed by atoms with van der Waals surface area (Å²) < 4.78 is 19.4. The van der Waals surface area contributed by atoms with E-state index in [0.717, 1.165) is 0 Å². The Morgan fingerprint density at radius 2 is 1.65 bits per heavy atom. The van der Waals surface area contributed by atoms with E-state index in [4.69, 9.17) is 4.42 Å². The molecule has 4 rings (SSSR count). The largest absolute Gasteiger partial charge is 0.457 e. The summed E-state index contributed by atoms with van der Waals surface area (Å²) in [5.41, 5.74) is 3.33. The lowest BCUT2D eigenvalue weighted by molar-refractivity contribution is -0.117. The minimum Gasteiger partial charge on any atom is -0.457 e. The molecule has 26 heavy (non-hydrogen) atoms. The molecule has 0 bridgehead atoms. The van der Waals surface area contributed by atoms with E-state index in [0.29, 0.717) is 17.0 Å². The topological polar surface area (TPSA) is 62.6 Å². The molecule has 2 heterocycles. The summed E-state index contributed by atoms with van der Waals surface area (Å²) in [6.45, 7) is 0. The van der Waals surface area contributed by atoms with E-state index in [1.807, 2.05) is 6.07 Å². The van der Waals surface area contributed by atoms with Gasteiger partial charge < -0.3 is 4.42 Å². The molecule has 1 fully saturated rings. The van der Waals surface area contributed by atoms with Crippen molar-refractivity contribution in [1.82, 2.24) is 5.43 Å². The average Bonchev–Trinajstić information content (AvgIpc) is 3.23. The first-order chi connectivity index (χ1) is 12.6. The number of rotatable bonds is 3. The number of nitrogens with zero attached hydrogens (tertiary/aromatic N) is 1. The molecule has 0 spiro atoms. The summed E-state index contributed by atoms with van der Waals surface area (Å²) in [5.74, 6) is -0.809. The third-order valence-corrected chi connectivity index (χ3v) is 3.96. The zero-order valence-corrected chi connectivity index (χ0v) is 13.5. The Kier molecular flexibility index (Phi) is 3.85. The average molecular weight is 348 g/mol. The van der Waals surface area contributed by atoms with Crippen LogP contribution in [0.25, 0.3) is 17.4 Å². The van der Waals surface area contributed by atoms with Gasteiger partial charge in [-0.25, -0.2) is 9.40 Å². The molecule has 0 radical (unpaired) electrons. The highest BCUT2D eigenvalue weighted by molar-refractivity contribution is 6.31. The van der Waals surface area contributed by atoms with Crippen LogP contribution >= 0.6 is 0 Å². The number of para-hydroxylation sites is 1. The smallest absolute Gasteiger partial charge is 0.282 e. The molecule has 0 atom stereocenters. The molecule has 6 heteroatoms. The van der Waals surface area contributed by atoms with E-state index in [1.165, 1.54) is 17.2 Å². The molecule has 5 nitrogen and oxygen atoms in total. The van der Waals surface area contributed by atoms with Crippen LogP contribution in [0, 0.1) is 5.82 Å². The monoisotopic (exact) mass is 348 g/mol. The molecular weight excluding hydrogens is 335 g/mol. The molecule has 1 N–H and O–H groups in total. The summed E-state index contributed by atoms with van der Waals surface area (Å²) >= 11 is 0. The second kappa shape index (κ2) is 6.33. The predicted octanol–water partition coefficient (Wildman–Crippen LogP) is 3.55. The predicted molar refractivity (Wildman–Crippen MR) is 94.1 cm³/mol. The standard InChI is InChI=1S/C20H13FN2O3/c21-17-9-5-4-8-15(17)18-11-10-14(26-18)12-16-19(24)22-23(20(16)25)13-6-2-1-3-7-13/h1-12H,(H,22,24). The van der Waals surface area contributed by atoms with E-state index >= 15 is 0 Å². The summed E-state index contributed by atoms with van der Waals surface area (Å²) in [5, 5.41) is 1.18. The highest BCUT2D eigenvalue weighted by Gasteiger charge is 2.34. The van der Waals surface area contributed by atoms with Crippen molar-refractivity contribution >= 4 is 23.6 Å². The van der Waals surface area contributed by atoms with Gasteiger partial charge in [0.25, 0.3) is 11.8 Å². The van der Waals surface area contributed by atoms with Gasteiger partial charge in [0.15, 0.2) is 0 Å². The van der Waals surface area contributed by atoms with Gasteiger partial charge in [0.1, 0.15) is 22.9 Å². The highest BCUT2D eigenvalue weighted by atomic mass is 19.1. The van der Waals surface area contributed by atoms with Gasteiger partial charge in [-0.15, -0.1) is 0 Å². The second-order valence-electron chi connectivity index (χ2n) is 5.66. The number of hydrogen-bond acceptors (Lipinski definition) is 3. The Labute approximate surface area is 148 Å². The molecule has 128 valence electrons. The van der Waals surface area contributed by atoms with Gasteiger partial charge in [0.2, 0.25) is 0 Å². The number of nitrogens with one attached hydrogen (secondary N) is 1. The highest BCUT2D eigenvalue weighted by Crippen LogP contribution is 2.27. The van der Waals surface area contributed by atoms with Gasteiger partial charge in [0.05, 0.1) is 11.3 Å². The molecule has 2 amide bonds. The minimum absolute atomic E-state index is 0.0525. The van der Waals surface area contributed by atoms with Crippen molar-refractivity contribution in [3.63, 3.8) is 0 Å². The molecule has 1 aliphatic rings. The lowest BCUT2D eigenvalue weighted by atomic mass is 10.1. The fourth-order valence-electron chi connectivity index (χ4n) is 2.69. The van der Waals surface area contributed by atoms with Crippen LogP contribution in [-0.4, -0.2) is 11.8 Å². The molecule has 0 aliphatic carbocycles. The number of benzene rings is 2. The van der Waals surface area contributed by atoms with Crippen molar-refractivity contribution in [2.24, 2.45) is 0 Å². The molecule has 1 saturated heterocycles. The summed E-state index contributed by atoms with van der Waals surface area (Å²) in [7, 11) is 0. The summed E-state index contributed by atoms with van der Waals surface area (Å²) in [4.78, 5) is 24.7. The van der Waals surface area contributed by atoms with Crippen LogP contribution in [0.4, 0.5) is 10.1 Å². The van der Waals surface area contributed by atoms with Crippen molar-refractivity contribution < 1.29 is 18.4 Å². The van der Waals surface area contributed by atoms with Gasteiger partial charge in [-0.2, -0.15) is 0 Å². The van der Waals surface area contributed by atoms with Gasteiger partial charge in [-0.1, -0.05) is 30.3 Å². The number of halogens is 1. The number of amides is 2. The fraction of sp³-hybridized carbons (Fsp3) is 0. The maximum absolute atomic E-state index is 13.9. The molecule has 1 aromatic heterocycles. The van der Waals surface area contributed by atoms with Crippen LogP contribution in [-0.2, 0) is 9.59 Å². The minimum atomic E-state index is -0.525. The lowest BCUT2D eigenvalue weighted by Gasteiger charge is -2.13. The van der Waals surface area contributed by atoms with E-state index < -0.39 is 17.6 Å². The number of hydrazine groups is 1. The molecule has 2 aromatic carbocycles. The number of carbonyl (C=O) groups excluding carboxylic acids is 2. The maximum atomic E-state index is 13.9. The van der Waals surface area contributed by atoms with Crippen LogP contribution in [0.1, 0.15) is 5.76 Å². The van der Waals surface area contributed by atoms with Gasteiger partial charge in [-0.05, 0) is 42.5 Å². The number of hydrogen-bond donors (Lipinski definition) is 1. The molecule has 1 aliphatic heterocycles. The Morgan fingerprint density at radius 1 is 0.923 bits per heavy atom. The molecule has 0 unspecified atom stereocenters. The Morgan fingerprint density at radius 3 is 2.42 bits per heavy atom.